The van der Waals surface area contributed by atoms with Gasteiger partial charge < -0.3 is 5.73 Å². The van der Waals surface area contributed by atoms with Crippen LogP contribution in [0.2, 0.25) is 0 Å². The Bertz CT molecular complexity index is 121. The van der Waals surface area contributed by atoms with Crippen molar-refractivity contribution in [2.75, 3.05) is 0 Å². The number of rotatable bonds is 3. The molecule has 0 heterocycles. The molecule has 0 saturated carbocycles. The number of amides is 1. The summed E-state index contributed by atoms with van der Waals surface area (Å²) in [5.74, 6) is -0.481. The zero-order chi connectivity index (χ0) is 8.41. The van der Waals surface area contributed by atoms with E-state index >= 15 is 0 Å². The van der Waals surface area contributed by atoms with E-state index in [-0.39, 0.29) is 0 Å². The van der Waals surface area contributed by atoms with E-state index in [2.05, 4.69) is 25.5 Å². The number of primary amides is 1. The summed E-state index contributed by atoms with van der Waals surface area (Å²) in [6.07, 6.45) is 5.60. The minimum absolute atomic E-state index is 0.481. The molecule has 0 atom stereocenters. The molecule has 0 aromatic heterocycles. The average molecular weight is 139 g/mol. The summed E-state index contributed by atoms with van der Waals surface area (Å²) in [5, 5.41) is 0. The number of nitrogens with two attached hydrogens (primary N) is 1. The van der Waals surface area contributed by atoms with Gasteiger partial charge in [0.1, 0.15) is 0 Å². The maximum absolute atomic E-state index is 9.47. The van der Waals surface area contributed by atoms with Crippen LogP contribution >= 0.6 is 0 Å². The van der Waals surface area contributed by atoms with E-state index in [1.165, 1.54) is 0 Å². The SMILES string of the molecule is C=CC(N)=O.C=CCC=C. The molecule has 1 amide bonds. The average Bonchev–Trinajstić information content (AvgIpc) is 1.91. The summed E-state index contributed by atoms with van der Waals surface area (Å²) in [7, 11) is 0. The molecule has 0 aromatic carbocycles. The summed E-state index contributed by atoms with van der Waals surface area (Å²) in [5.41, 5.74) is 4.53. The lowest BCUT2D eigenvalue weighted by atomic mass is 10.4. The topological polar surface area (TPSA) is 43.1 Å². The zero-order valence-corrected chi connectivity index (χ0v) is 6.05. The Morgan fingerprint density at radius 1 is 1.30 bits per heavy atom. The summed E-state index contributed by atoms with van der Waals surface area (Å²) in [6.45, 7) is 10.0. The molecule has 0 saturated heterocycles. The zero-order valence-electron chi connectivity index (χ0n) is 6.05. The fourth-order valence-electron chi connectivity index (χ4n) is 0.118. The van der Waals surface area contributed by atoms with Gasteiger partial charge in [0.15, 0.2) is 0 Å². The summed E-state index contributed by atoms with van der Waals surface area (Å²) in [4.78, 5) is 9.47. The van der Waals surface area contributed by atoms with Gasteiger partial charge in [-0.05, 0) is 12.5 Å². The number of allylic oxidation sites excluding steroid dienone is 2. The first-order chi connectivity index (χ1) is 4.68. The van der Waals surface area contributed by atoms with Crippen LogP contribution in [-0.4, -0.2) is 5.91 Å². The van der Waals surface area contributed by atoms with Crippen LogP contribution in [0.4, 0.5) is 0 Å². The Morgan fingerprint density at radius 3 is 1.60 bits per heavy atom. The third-order valence-electron chi connectivity index (χ3n) is 0.535. The van der Waals surface area contributed by atoms with E-state index in [0.717, 1.165) is 12.5 Å². The van der Waals surface area contributed by atoms with Crippen molar-refractivity contribution in [3.05, 3.63) is 38.0 Å². The van der Waals surface area contributed by atoms with Crippen molar-refractivity contribution in [2.24, 2.45) is 5.73 Å². The number of hydrogen-bond donors (Lipinski definition) is 1. The van der Waals surface area contributed by atoms with Gasteiger partial charge in [-0.25, -0.2) is 0 Å². The van der Waals surface area contributed by atoms with E-state index in [0.29, 0.717) is 0 Å². The molecule has 0 spiro atoms. The second-order valence-electron chi connectivity index (χ2n) is 1.42. The van der Waals surface area contributed by atoms with Gasteiger partial charge >= 0.3 is 0 Å². The first-order valence-electron chi connectivity index (χ1n) is 2.82. The molecule has 0 aliphatic carbocycles. The monoisotopic (exact) mass is 139 g/mol. The van der Waals surface area contributed by atoms with Crippen LogP contribution in [0, 0.1) is 0 Å². The molecule has 2 heteroatoms. The Morgan fingerprint density at radius 2 is 1.60 bits per heavy atom. The molecule has 56 valence electrons. The molecule has 0 aliphatic heterocycles. The molecule has 2 nitrogen and oxygen atoms in total. The molecule has 0 aliphatic rings. The van der Waals surface area contributed by atoms with Crippen molar-refractivity contribution >= 4 is 5.91 Å². The van der Waals surface area contributed by atoms with E-state index < -0.39 is 5.91 Å². The van der Waals surface area contributed by atoms with E-state index in [1.54, 1.807) is 0 Å². The Balaban J connectivity index is 0. The lowest BCUT2D eigenvalue weighted by Gasteiger charge is -1.65. The largest absolute Gasteiger partial charge is 0.366 e. The van der Waals surface area contributed by atoms with Crippen molar-refractivity contribution < 1.29 is 4.79 Å². The number of hydrogen-bond acceptors (Lipinski definition) is 1. The standard InChI is InChI=1S/C5H8.C3H5NO/c1-3-5-4-2;1-2-3(4)5/h3-4H,1-2,5H2;2H,1H2,(H2,4,5). The second-order valence-corrected chi connectivity index (χ2v) is 1.42. The highest BCUT2D eigenvalue weighted by Gasteiger charge is 1.69. The maximum atomic E-state index is 9.47. The molecule has 0 unspecified atom stereocenters. The molecule has 0 radical (unpaired) electrons. The van der Waals surface area contributed by atoms with Crippen LogP contribution in [0.5, 0.6) is 0 Å². The third-order valence-corrected chi connectivity index (χ3v) is 0.535. The van der Waals surface area contributed by atoms with Crippen LogP contribution in [-0.2, 0) is 4.79 Å². The molecule has 0 aromatic rings. The minimum atomic E-state index is -0.481. The Labute approximate surface area is 61.7 Å². The van der Waals surface area contributed by atoms with Gasteiger partial charge in [-0.2, -0.15) is 0 Å². The predicted molar refractivity (Wildman–Crippen MR) is 44.4 cm³/mol. The molecular weight excluding hydrogens is 126 g/mol. The van der Waals surface area contributed by atoms with Crippen LogP contribution in [0.25, 0.3) is 0 Å². The van der Waals surface area contributed by atoms with Crippen molar-refractivity contribution in [3.63, 3.8) is 0 Å². The van der Waals surface area contributed by atoms with Gasteiger partial charge in [0, 0.05) is 0 Å². The van der Waals surface area contributed by atoms with Gasteiger partial charge in [0.25, 0.3) is 0 Å². The first kappa shape index (κ1) is 11.5. The second kappa shape index (κ2) is 10.6. The molecule has 0 fully saturated rings. The van der Waals surface area contributed by atoms with E-state index in [9.17, 15) is 4.79 Å². The molecule has 10 heavy (non-hydrogen) atoms. The highest BCUT2D eigenvalue weighted by Crippen LogP contribution is 1.73. The maximum Gasteiger partial charge on any atom is 0.240 e. The lowest BCUT2D eigenvalue weighted by molar-refractivity contribution is -0.113. The molecule has 2 N–H and O–H groups in total. The van der Waals surface area contributed by atoms with Gasteiger partial charge in [0.05, 0.1) is 0 Å². The minimum Gasteiger partial charge on any atom is -0.366 e. The van der Waals surface area contributed by atoms with Gasteiger partial charge in [0.2, 0.25) is 5.91 Å². The summed E-state index contributed by atoms with van der Waals surface area (Å²) >= 11 is 0. The number of carbonyl (C=O) groups excluding carboxylic acids is 1. The molecule has 0 rings (SSSR count). The van der Waals surface area contributed by atoms with Crippen molar-refractivity contribution in [1.82, 2.24) is 0 Å². The van der Waals surface area contributed by atoms with E-state index in [1.807, 2.05) is 12.2 Å². The van der Waals surface area contributed by atoms with Crippen molar-refractivity contribution in [3.8, 4) is 0 Å². The van der Waals surface area contributed by atoms with Gasteiger partial charge in [-0.15, -0.1) is 13.2 Å². The molecular formula is C8H13NO. The normalized spacial score (nSPS) is 6.40. The van der Waals surface area contributed by atoms with Crippen LogP contribution in [0.15, 0.2) is 38.0 Å². The van der Waals surface area contributed by atoms with Gasteiger partial charge in [-0.3, -0.25) is 4.79 Å². The highest BCUT2D eigenvalue weighted by molar-refractivity contribution is 5.84. The summed E-state index contributed by atoms with van der Waals surface area (Å²) in [6, 6.07) is 0. The van der Waals surface area contributed by atoms with Crippen LogP contribution in [0.3, 0.4) is 0 Å². The number of carbonyl (C=O) groups is 1. The van der Waals surface area contributed by atoms with Crippen molar-refractivity contribution in [2.45, 2.75) is 6.42 Å². The fraction of sp³-hybridized carbons (Fsp3) is 0.125. The Hall–Kier alpha value is -1.31. The molecule has 0 bridgehead atoms. The Kier molecular flexibility index (Phi) is 12.2. The smallest absolute Gasteiger partial charge is 0.240 e. The highest BCUT2D eigenvalue weighted by atomic mass is 16.1. The fourth-order valence-corrected chi connectivity index (χ4v) is 0.118. The lowest BCUT2D eigenvalue weighted by Crippen LogP contribution is -2.04. The van der Waals surface area contributed by atoms with Crippen LogP contribution in [0.1, 0.15) is 6.42 Å². The van der Waals surface area contributed by atoms with E-state index in [4.69, 9.17) is 0 Å². The van der Waals surface area contributed by atoms with Gasteiger partial charge in [-0.1, -0.05) is 18.7 Å². The van der Waals surface area contributed by atoms with Crippen LogP contribution < -0.4 is 5.73 Å². The quantitative estimate of drug-likeness (QED) is 0.466. The predicted octanol–water partition coefficient (Wildman–Crippen LogP) is 1.41. The third kappa shape index (κ3) is 29.9. The summed E-state index contributed by atoms with van der Waals surface area (Å²) < 4.78 is 0. The first-order valence-corrected chi connectivity index (χ1v) is 2.82. The van der Waals surface area contributed by atoms with Crippen molar-refractivity contribution in [1.29, 1.82) is 0 Å².